The van der Waals surface area contributed by atoms with Crippen LogP contribution >= 0.6 is 0 Å². The molecule has 2 heterocycles. The maximum Gasteiger partial charge on any atom is 0.101 e. The van der Waals surface area contributed by atoms with E-state index < -0.39 is 0 Å². The number of para-hydroxylation sites is 1. The highest BCUT2D eigenvalue weighted by molar-refractivity contribution is 5.81. The first kappa shape index (κ1) is 11.8. The van der Waals surface area contributed by atoms with Gasteiger partial charge in [0, 0.05) is 18.9 Å². The number of fused-ring (bicyclic) bond motifs is 1. The molecule has 0 radical (unpaired) electrons. The zero-order valence-corrected chi connectivity index (χ0v) is 10.5. The van der Waals surface area contributed by atoms with E-state index >= 15 is 0 Å². The van der Waals surface area contributed by atoms with Gasteiger partial charge in [0.2, 0.25) is 0 Å². The van der Waals surface area contributed by atoms with Crippen molar-refractivity contribution >= 4 is 10.9 Å². The Morgan fingerprint density at radius 3 is 3.00 bits per heavy atom. The normalized spacial score (nSPS) is 12.9. The minimum absolute atomic E-state index is 0.114. The number of aromatic nitrogens is 5. The van der Waals surface area contributed by atoms with E-state index in [1.165, 1.54) is 0 Å². The smallest absolute Gasteiger partial charge is 0.101 e. The highest BCUT2D eigenvalue weighted by Crippen LogP contribution is 2.22. The number of hydrogen-bond acceptors (Lipinski definition) is 5. The molecule has 0 saturated heterocycles. The summed E-state index contributed by atoms with van der Waals surface area (Å²) in [6, 6.07) is 8.01. The standard InChI is InChI=1S/C12H15N7/c1-19-12-5-3-2-4-8(12)9(17-19)6-10(15-13)11-7-14-18-16-11/h2-5,7,10,15H,6,13H2,1H3,(H,14,16,18). The number of hydrogen-bond donors (Lipinski definition) is 3. The second kappa shape index (κ2) is 4.79. The molecule has 0 aliphatic heterocycles. The lowest BCUT2D eigenvalue weighted by Gasteiger charge is -2.11. The van der Waals surface area contributed by atoms with Crippen molar-refractivity contribution in [2.45, 2.75) is 12.5 Å². The predicted octanol–water partition coefficient (Wildman–Crippen LogP) is 0.439. The van der Waals surface area contributed by atoms with Crippen LogP contribution in [-0.2, 0) is 13.5 Å². The minimum Gasteiger partial charge on any atom is -0.271 e. The molecule has 0 saturated carbocycles. The van der Waals surface area contributed by atoms with Gasteiger partial charge in [0.1, 0.15) is 5.69 Å². The van der Waals surface area contributed by atoms with E-state index in [1.807, 2.05) is 29.9 Å². The molecule has 19 heavy (non-hydrogen) atoms. The largest absolute Gasteiger partial charge is 0.271 e. The maximum absolute atomic E-state index is 5.60. The molecule has 3 aromatic rings. The number of benzene rings is 1. The van der Waals surface area contributed by atoms with Crippen molar-refractivity contribution in [1.82, 2.24) is 30.6 Å². The zero-order valence-electron chi connectivity index (χ0n) is 10.5. The number of nitrogens with one attached hydrogen (secondary N) is 2. The topological polar surface area (TPSA) is 97.4 Å². The average Bonchev–Trinajstić information content (AvgIpc) is 3.06. The molecular weight excluding hydrogens is 242 g/mol. The molecule has 4 N–H and O–H groups in total. The van der Waals surface area contributed by atoms with Crippen molar-refractivity contribution in [2.24, 2.45) is 12.9 Å². The monoisotopic (exact) mass is 257 g/mol. The summed E-state index contributed by atoms with van der Waals surface area (Å²) in [6.45, 7) is 0. The molecule has 7 heteroatoms. The summed E-state index contributed by atoms with van der Waals surface area (Å²) in [4.78, 5) is 0. The molecule has 2 aromatic heterocycles. The number of aryl methyl sites for hydroxylation is 1. The number of hydrazine groups is 1. The summed E-state index contributed by atoms with van der Waals surface area (Å²) in [5.41, 5.74) is 5.63. The molecule has 0 amide bonds. The quantitative estimate of drug-likeness (QED) is 0.465. The summed E-state index contributed by atoms with van der Waals surface area (Å²) >= 11 is 0. The first-order chi connectivity index (χ1) is 9.29. The lowest BCUT2D eigenvalue weighted by atomic mass is 10.1. The van der Waals surface area contributed by atoms with E-state index in [9.17, 15) is 0 Å². The molecule has 1 atom stereocenters. The lowest BCUT2D eigenvalue weighted by Crippen LogP contribution is -2.30. The van der Waals surface area contributed by atoms with Crippen LogP contribution in [0.2, 0.25) is 0 Å². The van der Waals surface area contributed by atoms with Gasteiger partial charge in [-0.1, -0.05) is 18.2 Å². The van der Waals surface area contributed by atoms with Crippen LogP contribution in [0.25, 0.3) is 10.9 Å². The van der Waals surface area contributed by atoms with Crippen LogP contribution < -0.4 is 11.3 Å². The van der Waals surface area contributed by atoms with E-state index in [4.69, 9.17) is 5.84 Å². The fourth-order valence-corrected chi connectivity index (χ4v) is 2.26. The first-order valence-electron chi connectivity index (χ1n) is 6.02. The van der Waals surface area contributed by atoms with E-state index in [0.717, 1.165) is 22.3 Å². The van der Waals surface area contributed by atoms with Gasteiger partial charge in [-0.05, 0) is 6.07 Å². The summed E-state index contributed by atoms with van der Waals surface area (Å²) in [6.07, 6.45) is 2.32. The molecule has 3 rings (SSSR count). The third-order valence-electron chi connectivity index (χ3n) is 3.22. The van der Waals surface area contributed by atoms with Crippen molar-refractivity contribution in [3.8, 4) is 0 Å². The molecule has 1 unspecified atom stereocenters. The Hall–Kier alpha value is -2.25. The van der Waals surface area contributed by atoms with Gasteiger partial charge in [0.05, 0.1) is 23.4 Å². The Morgan fingerprint density at radius 1 is 1.42 bits per heavy atom. The molecule has 0 bridgehead atoms. The molecule has 0 aliphatic rings. The number of aromatic amines is 1. The molecule has 98 valence electrons. The van der Waals surface area contributed by atoms with Gasteiger partial charge in [-0.25, -0.2) is 0 Å². The molecular formula is C12H15N7. The lowest BCUT2D eigenvalue weighted by molar-refractivity contribution is 0.529. The van der Waals surface area contributed by atoms with Gasteiger partial charge >= 0.3 is 0 Å². The Labute approximate surface area is 109 Å². The Balaban J connectivity index is 1.97. The minimum atomic E-state index is -0.114. The van der Waals surface area contributed by atoms with Gasteiger partial charge in [-0.3, -0.25) is 16.0 Å². The van der Waals surface area contributed by atoms with Crippen LogP contribution in [0.4, 0.5) is 0 Å². The van der Waals surface area contributed by atoms with E-state index in [0.29, 0.717) is 6.42 Å². The van der Waals surface area contributed by atoms with Crippen LogP contribution in [0.5, 0.6) is 0 Å². The summed E-state index contributed by atoms with van der Waals surface area (Å²) in [5, 5.41) is 16.1. The van der Waals surface area contributed by atoms with Gasteiger partial charge in [-0.2, -0.15) is 20.5 Å². The maximum atomic E-state index is 5.60. The van der Waals surface area contributed by atoms with Crippen LogP contribution in [0.3, 0.4) is 0 Å². The molecule has 0 aliphatic carbocycles. The van der Waals surface area contributed by atoms with Crippen molar-refractivity contribution in [3.63, 3.8) is 0 Å². The van der Waals surface area contributed by atoms with Crippen molar-refractivity contribution in [1.29, 1.82) is 0 Å². The fraction of sp³-hybridized carbons (Fsp3) is 0.250. The van der Waals surface area contributed by atoms with Crippen LogP contribution in [0.15, 0.2) is 30.5 Å². The SMILES string of the molecule is Cn1nc(CC(NN)c2cn[nH]n2)c2ccccc21. The number of rotatable bonds is 4. The third-order valence-corrected chi connectivity index (χ3v) is 3.22. The van der Waals surface area contributed by atoms with E-state index in [1.54, 1.807) is 6.20 Å². The zero-order chi connectivity index (χ0) is 13.2. The summed E-state index contributed by atoms with van der Waals surface area (Å²) in [5.74, 6) is 5.60. The third kappa shape index (κ3) is 2.09. The van der Waals surface area contributed by atoms with Crippen molar-refractivity contribution < 1.29 is 0 Å². The van der Waals surface area contributed by atoms with Crippen molar-refractivity contribution in [2.75, 3.05) is 0 Å². The van der Waals surface area contributed by atoms with Gasteiger partial charge in [0.25, 0.3) is 0 Å². The second-order valence-electron chi connectivity index (χ2n) is 4.41. The van der Waals surface area contributed by atoms with Crippen molar-refractivity contribution in [3.05, 3.63) is 41.9 Å². The molecule has 0 spiro atoms. The van der Waals surface area contributed by atoms with Crippen LogP contribution in [-0.4, -0.2) is 25.2 Å². The fourth-order valence-electron chi connectivity index (χ4n) is 2.26. The number of nitrogens with two attached hydrogens (primary N) is 1. The highest BCUT2D eigenvalue weighted by atomic mass is 15.3. The second-order valence-corrected chi connectivity index (χ2v) is 4.41. The van der Waals surface area contributed by atoms with E-state index in [-0.39, 0.29) is 6.04 Å². The average molecular weight is 257 g/mol. The van der Waals surface area contributed by atoms with Crippen LogP contribution in [0.1, 0.15) is 17.4 Å². The Kier molecular flexibility index (Phi) is 2.98. The first-order valence-corrected chi connectivity index (χ1v) is 6.02. The van der Waals surface area contributed by atoms with Gasteiger partial charge in [-0.15, -0.1) is 0 Å². The van der Waals surface area contributed by atoms with Gasteiger partial charge in [0.15, 0.2) is 0 Å². The highest BCUT2D eigenvalue weighted by Gasteiger charge is 2.17. The molecule has 1 aromatic carbocycles. The Bertz CT molecular complexity index is 671. The predicted molar refractivity (Wildman–Crippen MR) is 70.9 cm³/mol. The number of nitrogens with zero attached hydrogens (tertiary/aromatic N) is 4. The van der Waals surface area contributed by atoms with Gasteiger partial charge < -0.3 is 0 Å². The summed E-state index contributed by atoms with van der Waals surface area (Å²) in [7, 11) is 1.94. The Morgan fingerprint density at radius 2 is 2.26 bits per heavy atom. The molecule has 0 fully saturated rings. The molecule has 7 nitrogen and oxygen atoms in total. The van der Waals surface area contributed by atoms with Crippen LogP contribution in [0, 0.1) is 0 Å². The number of H-pyrrole nitrogens is 1. The van der Waals surface area contributed by atoms with E-state index in [2.05, 4.69) is 32.0 Å². The summed E-state index contributed by atoms with van der Waals surface area (Å²) < 4.78 is 1.88.